The van der Waals surface area contributed by atoms with Crippen molar-refractivity contribution in [3.63, 3.8) is 0 Å². The van der Waals surface area contributed by atoms with Gasteiger partial charge in [-0.05, 0) is 31.0 Å². The second kappa shape index (κ2) is 5.57. The van der Waals surface area contributed by atoms with Gasteiger partial charge in [0, 0.05) is 11.1 Å². The summed E-state index contributed by atoms with van der Waals surface area (Å²) in [7, 11) is 0. The molecule has 0 spiro atoms. The number of amides is 4. The van der Waals surface area contributed by atoms with Crippen molar-refractivity contribution in [3.8, 4) is 0 Å². The predicted molar refractivity (Wildman–Crippen MR) is 76.9 cm³/mol. The van der Waals surface area contributed by atoms with E-state index in [-0.39, 0.29) is 23.3 Å². The molecule has 3 rings (SSSR count). The summed E-state index contributed by atoms with van der Waals surface area (Å²) in [5.74, 6) is -1.71. The number of benzene rings is 1. The summed E-state index contributed by atoms with van der Waals surface area (Å²) in [6.07, 6.45) is 1.76. The first-order chi connectivity index (χ1) is 10.5. The molecule has 0 atom stereocenters. The Labute approximate surface area is 130 Å². The van der Waals surface area contributed by atoms with E-state index in [0.29, 0.717) is 0 Å². The van der Waals surface area contributed by atoms with Gasteiger partial charge in [-0.15, -0.1) is 0 Å². The number of carbonyl (C=O) groups is 3. The molecule has 22 heavy (non-hydrogen) atoms. The van der Waals surface area contributed by atoms with E-state index in [1.165, 1.54) is 17.0 Å². The van der Waals surface area contributed by atoms with Crippen molar-refractivity contribution in [2.24, 2.45) is 0 Å². The first kappa shape index (κ1) is 14.8. The summed E-state index contributed by atoms with van der Waals surface area (Å²) in [5.41, 5.74) is -0.0874. The SMILES string of the molecule is O=C(CN1C(=O)CN(C2CC2)C1=O)Nc1cc(Cl)ccc1F. The van der Waals surface area contributed by atoms with Crippen molar-refractivity contribution in [1.29, 1.82) is 0 Å². The fourth-order valence-electron chi connectivity index (χ4n) is 2.31. The molecule has 116 valence electrons. The van der Waals surface area contributed by atoms with Crippen LogP contribution in [0.5, 0.6) is 0 Å². The number of anilines is 1. The Kier molecular flexibility index (Phi) is 3.74. The third kappa shape index (κ3) is 2.89. The second-order valence-electron chi connectivity index (χ2n) is 5.29. The summed E-state index contributed by atoms with van der Waals surface area (Å²) >= 11 is 5.73. The molecular weight excluding hydrogens is 313 g/mol. The van der Waals surface area contributed by atoms with Crippen molar-refractivity contribution in [2.45, 2.75) is 18.9 Å². The molecule has 0 unspecified atom stereocenters. The van der Waals surface area contributed by atoms with E-state index in [0.717, 1.165) is 23.8 Å². The molecule has 1 aromatic rings. The average molecular weight is 326 g/mol. The molecule has 4 amide bonds. The van der Waals surface area contributed by atoms with Gasteiger partial charge in [0.2, 0.25) is 5.91 Å². The zero-order valence-corrected chi connectivity index (χ0v) is 12.3. The third-order valence-electron chi connectivity index (χ3n) is 3.58. The molecule has 1 aliphatic carbocycles. The summed E-state index contributed by atoms with van der Waals surface area (Å²) < 4.78 is 13.5. The van der Waals surface area contributed by atoms with Crippen LogP contribution in [-0.4, -0.2) is 46.8 Å². The Hall–Kier alpha value is -2.15. The summed E-state index contributed by atoms with van der Waals surface area (Å²) in [6, 6.07) is 3.38. The molecule has 0 aromatic heterocycles. The first-order valence-corrected chi connectivity index (χ1v) is 7.19. The largest absolute Gasteiger partial charge is 0.327 e. The number of imide groups is 1. The van der Waals surface area contributed by atoms with E-state index >= 15 is 0 Å². The zero-order valence-electron chi connectivity index (χ0n) is 11.5. The van der Waals surface area contributed by atoms with Gasteiger partial charge in [0.1, 0.15) is 18.9 Å². The molecule has 6 nitrogen and oxygen atoms in total. The van der Waals surface area contributed by atoms with Crippen LogP contribution in [0, 0.1) is 5.82 Å². The lowest BCUT2D eigenvalue weighted by atomic mass is 10.3. The Morgan fingerprint density at radius 2 is 2.09 bits per heavy atom. The van der Waals surface area contributed by atoms with Gasteiger partial charge in [0.15, 0.2) is 0 Å². The van der Waals surface area contributed by atoms with Gasteiger partial charge in [-0.2, -0.15) is 0 Å². The Balaban J connectivity index is 1.65. The topological polar surface area (TPSA) is 69.7 Å². The monoisotopic (exact) mass is 325 g/mol. The van der Waals surface area contributed by atoms with Crippen LogP contribution in [0.1, 0.15) is 12.8 Å². The van der Waals surface area contributed by atoms with Crippen molar-refractivity contribution >= 4 is 35.1 Å². The Morgan fingerprint density at radius 1 is 1.36 bits per heavy atom. The van der Waals surface area contributed by atoms with Crippen molar-refractivity contribution in [1.82, 2.24) is 9.80 Å². The lowest BCUT2D eigenvalue weighted by Gasteiger charge is -2.16. The highest BCUT2D eigenvalue weighted by Gasteiger charge is 2.44. The molecular formula is C14H13ClFN3O3. The van der Waals surface area contributed by atoms with Crippen LogP contribution in [0.2, 0.25) is 5.02 Å². The molecule has 1 saturated heterocycles. The molecule has 0 bridgehead atoms. The summed E-state index contributed by atoms with van der Waals surface area (Å²) in [6.45, 7) is -0.435. The maximum absolute atomic E-state index is 13.5. The van der Waals surface area contributed by atoms with Crippen LogP contribution in [0.15, 0.2) is 18.2 Å². The first-order valence-electron chi connectivity index (χ1n) is 6.81. The van der Waals surface area contributed by atoms with Crippen LogP contribution >= 0.6 is 11.6 Å². The molecule has 1 N–H and O–H groups in total. The Morgan fingerprint density at radius 3 is 2.77 bits per heavy atom. The quantitative estimate of drug-likeness (QED) is 0.859. The third-order valence-corrected chi connectivity index (χ3v) is 3.81. The van der Waals surface area contributed by atoms with E-state index in [1.807, 2.05) is 0 Å². The van der Waals surface area contributed by atoms with Crippen LogP contribution in [-0.2, 0) is 9.59 Å². The number of nitrogens with one attached hydrogen (secondary N) is 1. The minimum atomic E-state index is -0.652. The van der Waals surface area contributed by atoms with E-state index in [2.05, 4.69) is 5.32 Å². The van der Waals surface area contributed by atoms with Gasteiger partial charge in [0.05, 0.1) is 5.69 Å². The van der Waals surface area contributed by atoms with Gasteiger partial charge in [-0.1, -0.05) is 11.6 Å². The van der Waals surface area contributed by atoms with E-state index in [4.69, 9.17) is 11.6 Å². The molecule has 1 aliphatic heterocycles. The van der Waals surface area contributed by atoms with Crippen molar-refractivity contribution in [2.75, 3.05) is 18.4 Å². The van der Waals surface area contributed by atoms with Crippen LogP contribution in [0.3, 0.4) is 0 Å². The molecule has 0 radical (unpaired) electrons. The van der Waals surface area contributed by atoms with Gasteiger partial charge in [-0.25, -0.2) is 9.18 Å². The predicted octanol–water partition coefficient (Wildman–Crippen LogP) is 1.84. The number of rotatable bonds is 4. The van der Waals surface area contributed by atoms with Gasteiger partial charge >= 0.3 is 6.03 Å². The van der Waals surface area contributed by atoms with E-state index in [1.54, 1.807) is 0 Å². The fourth-order valence-corrected chi connectivity index (χ4v) is 2.49. The standard InChI is InChI=1S/C14H13ClFN3O3/c15-8-1-4-10(16)11(5-8)17-12(20)6-19-13(21)7-18(14(19)22)9-2-3-9/h1,4-5,9H,2-3,6-7H2,(H,17,20). The molecule has 1 saturated carbocycles. The van der Waals surface area contributed by atoms with Crippen molar-refractivity contribution < 1.29 is 18.8 Å². The highest BCUT2D eigenvalue weighted by atomic mass is 35.5. The van der Waals surface area contributed by atoms with Crippen LogP contribution in [0.4, 0.5) is 14.9 Å². The van der Waals surface area contributed by atoms with Crippen LogP contribution < -0.4 is 5.32 Å². The van der Waals surface area contributed by atoms with Gasteiger partial charge < -0.3 is 10.2 Å². The molecule has 2 aliphatic rings. The lowest BCUT2D eigenvalue weighted by Crippen LogP contribution is -2.39. The Bertz CT molecular complexity index is 663. The smallest absolute Gasteiger partial charge is 0.322 e. The molecule has 1 aromatic carbocycles. The highest BCUT2D eigenvalue weighted by Crippen LogP contribution is 2.30. The van der Waals surface area contributed by atoms with Gasteiger partial charge in [-0.3, -0.25) is 14.5 Å². The molecule has 2 fully saturated rings. The number of hydrogen-bond acceptors (Lipinski definition) is 3. The number of halogens is 2. The maximum Gasteiger partial charge on any atom is 0.327 e. The maximum atomic E-state index is 13.5. The van der Waals surface area contributed by atoms with Crippen LogP contribution in [0.25, 0.3) is 0 Å². The van der Waals surface area contributed by atoms with Crippen molar-refractivity contribution in [3.05, 3.63) is 29.0 Å². The normalized spacial score (nSPS) is 18.1. The lowest BCUT2D eigenvalue weighted by molar-refractivity contribution is -0.129. The summed E-state index contributed by atoms with van der Waals surface area (Å²) in [5, 5.41) is 2.58. The van der Waals surface area contributed by atoms with Gasteiger partial charge in [0.25, 0.3) is 5.91 Å². The zero-order chi connectivity index (χ0) is 15.9. The number of urea groups is 1. The number of hydrogen-bond donors (Lipinski definition) is 1. The second-order valence-corrected chi connectivity index (χ2v) is 5.73. The van der Waals surface area contributed by atoms with E-state index in [9.17, 15) is 18.8 Å². The molecule has 8 heteroatoms. The number of carbonyl (C=O) groups excluding carboxylic acids is 3. The van der Waals surface area contributed by atoms with E-state index < -0.39 is 30.2 Å². The highest BCUT2D eigenvalue weighted by molar-refractivity contribution is 6.30. The minimum absolute atomic E-state index is 0.00229. The average Bonchev–Trinajstić information content (AvgIpc) is 3.26. The molecule has 1 heterocycles. The number of nitrogens with zero attached hydrogens (tertiary/aromatic N) is 2. The minimum Gasteiger partial charge on any atom is -0.322 e. The fraction of sp³-hybridized carbons (Fsp3) is 0.357. The summed E-state index contributed by atoms with van der Waals surface area (Å²) in [4.78, 5) is 38.2.